The van der Waals surface area contributed by atoms with E-state index in [-0.39, 0.29) is 30.2 Å². The largest absolute Gasteiger partial charge is 0.361 e. The fourth-order valence-corrected chi connectivity index (χ4v) is 3.86. The maximum absolute atomic E-state index is 12.7. The van der Waals surface area contributed by atoms with Crippen molar-refractivity contribution in [1.29, 1.82) is 0 Å². The lowest BCUT2D eigenvalue weighted by molar-refractivity contribution is -0.137. The van der Waals surface area contributed by atoms with Crippen LogP contribution >= 0.6 is 0 Å². The molecular formula is C18H26N4O4. The van der Waals surface area contributed by atoms with Gasteiger partial charge in [-0.05, 0) is 32.6 Å². The first kappa shape index (κ1) is 18.4. The summed E-state index contributed by atoms with van der Waals surface area (Å²) in [4.78, 5) is 40.8. The Kier molecular flexibility index (Phi) is 4.77. The van der Waals surface area contributed by atoms with E-state index in [9.17, 15) is 14.4 Å². The van der Waals surface area contributed by atoms with E-state index in [0.717, 1.165) is 11.3 Å². The first-order valence-electron chi connectivity index (χ1n) is 9.07. The zero-order chi connectivity index (χ0) is 19.1. The molecule has 0 aromatic carbocycles. The van der Waals surface area contributed by atoms with Crippen LogP contribution in [0.25, 0.3) is 0 Å². The summed E-state index contributed by atoms with van der Waals surface area (Å²) in [7, 11) is 0. The summed E-state index contributed by atoms with van der Waals surface area (Å²) in [5.74, 6) is 0.686. The summed E-state index contributed by atoms with van der Waals surface area (Å²) in [6.07, 6.45) is 1.17. The van der Waals surface area contributed by atoms with Gasteiger partial charge in [-0.3, -0.25) is 14.9 Å². The molecule has 8 heteroatoms. The lowest BCUT2D eigenvalue weighted by atomic mass is 9.85. The fourth-order valence-electron chi connectivity index (χ4n) is 3.86. The first-order valence-corrected chi connectivity index (χ1v) is 9.07. The second-order valence-electron chi connectivity index (χ2n) is 7.66. The molecule has 1 N–H and O–H groups in total. The Morgan fingerprint density at radius 2 is 1.92 bits per heavy atom. The molecule has 26 heavy (non-hydrogen) atoms. The summed E-state index contributed by atoms with van der Waals surface area (Å²) in [5, 5.41) is 6.34. The molecular weight excluding hydrogens is 336 g/mol. The van der Waals surface area contributed by atoms with Gasteiger partial charge < -0.3 is 14.3 Å². The number of nitrogens with zero attached hydrogens (tertiary/aromatic N) is 3. The Balaban J connectivity index is 1.68. The molecule has 2 fully saturated rings. The molecule has 2 aliphatic heterocycles. The van der Waals surface area contributed by atoms with Crippen molar-refractivity contribution in [2.24, 2.45) is 5.92 Å². The molecule has 3 heterocycles. The monoisotopic (exact) mass is 362 g/mol. The number of carbonyl (C=O) groups excluding carboxylic acids is 3. The zero-order valence-electron chi connectivity index (χ0n) is 15.8. The average molecular weight is 362 g/mol. The second kappa shape index (κ2) is 6.74. The molecule has 1 aromatic rings. The van der Waals surface area contributed by atoms with Gasteiger partial charge in [-0.15, -0.1) is 0 Å². The molecule has 1 aromatic heterocycles. The maximum atomic E-state index is 12.7. The third-order valence-electron chi connectivity index (χ3n) is 5.41. The normalized spacial score (nSPS) is 19.6. The van der Waals surface area contributed by atoms with E-state index in [0.29, 0.717) is 38.2 Å². The standard InChI is InChI=1S/C18H26N4O4/c1-11(2)10-22-17(25)19-16(24)18(22)5-7-21(8-6-18)15(23)9-14-12(3)20-26-13(14)4/h11H,5-10H2,1-4H3,(H,19,24,25). The molecule has 0 atom stereocenters. The average Bonchev–Trinajstić information content (AvgIpc) is 3.01. The summed E-state index contributed by atoms with van der Waals surface area (Å²) < 4.78 is 5.12. The summed E-state index contributed by atoms with van der Waals surface area (Å²) in [6.45, 7) is 9.10. The van der Waals surface area contributed by atoms with Crippen molar-refractivity contribution in [2.75, 3.05) is 19.6 Å². The predicted molar refractivity (Wildman–Crippen MR) is 93.3 cm³/mol. The van der Waals surface area contributed by atoms with Gasteiger partial charge in [0.25, 0.3) is 5.91 Å². The van der Waals surface area contributed by atoms with Crippen LogP contribution in [-0.4, -0.2) is 58.0 Å². The summed E-state index contributed by atoms with van der Waals surface area (Å²) >= 11 is 0. The lowest BCUT2D eigenvalue weighted by Gasteiger charge is -2.42. The number of aryl methyl sites for hydroxylation is 2. The van der Waals surface area contributed by atoms with E-state index in [1.54, 1.807) is 16.7 Å². The second-order valence-corrected chi connectivity index (χ2v) is 7.66. The molecule has 0 radical (unpaired) electrons. The minimum atomic E-state index is -0.818. The summed E-state index contributed by atoms with van der Waals surface area (Å²) in [6, 6.07) is -0.320. The number of rotatable bonds is 4. The third-order valence-corrected chi connectivity index (χ3v) is 5.41. The molecule has 2 saturated heterocycles. The Hall–Kier alpha value is -2.38. The Morgan fingerprint density at radius 1 is 1.27 bits per heavy atom. The number of aromatic nitrogens is 1. The Morgan fingerprint density at radius 3 is 2.46 bits per heavy atom. The highest BCUT2D eigenvalue weighted by molar-refractivity contribution is 6.07. The van der Waals surface area contributed by atoms with Crippen LogP contribution in [0.3, 0.4) is 0 Å². The van der Waals surface area contributed by atoms with Gasteiger partial charge in [0.1, 0.15) is 11.3 Å². The van der Waals surface area contributed by atoms with E-state index in [1.807, 2.05) is 20.8 Å². The van der Waals surface area contributed by atoms with Crippen LogP contribution in [0.5, 0.6) is 0 Å². The van der Waals surface area contributed by atoms with Crippen molar-refractivity contribution in [1.82, 2.24) is 20.3 Å². The minimum absolute atomic E-state index is 0.00519. The topological polar surface area (TPSA) is 95.7 Å². The number of urea groups is 1. The highest BCUT2D eigenvalue weighted by Gasteiger charge is 2.54. The van der Waals surface area contributed by atoms with Crippen molar-refractivity contribution in [3.8, 4) is 0 Å². The quantitative estimate of drug-likeness (QED) is 0.817. The minimum Gasteiger partial charge on any atom is -0.361 e. The van der Waals surface area contributed by atoms with Crippen molar-refractivity contribution in [2.45, 2.75) is 52.5 Å². The van der Waals surface area contributed by atoms with Gasteiger partial charge in [0.05, 0.1) is 12.1 Å². The van der Waals surface area contributed by atoms with Crippen molar-refractivity contribution in [3.63, 3.8) is 0 Å². The molecule has 8 nitrogen and oxygen atoms in total. The van der Waals surface area contributed by atoms with Crippen molar-refractivity contribution >= 4 is 17.8 Å². The van der Waals surface area contributed by atoms with Crippen LogP contribution in [0.4, 0.5) is 4.79 Å². The molecule has 3 rings (SSSR count). The molecule has 1 spiro atoms. The molecule has 142 valence electrons. The van der Waals surface area contributed by atoms with Gasteiger partial charge in [-0.25, -0.2) is 4.79 Å². The highest BCUT2D eigenvalue weighted by Crippen LogP contribution is 2.34. The number of amides is 4. The van der Waals surface area contributed by atoms with E-state index in [1.165, 1.54) is 0 Å². The molecule has 0 unspecified atom stereocenters. The maximum Gasteiger partial charge on any atom is 0.325 e. The van der Waals surface area contributed by atoms with Gasteiger partial charge in [0.2, 0.25) is 5.91 Å². The molecule has 0 aliphatic carbocycles. The summed E-state index contributed by atoms with van der Waals surface area (Å²) in [5.41, 5.74) is 0.736. The van der Waals surface area contributed by atoms with Crippen LogP contribution in [0.2, 0.25) is 0 Å². The number of hydrogen-bond acceptors (Lipinski definition) is 5. The van der Waals surface area contributed by atoms with Crippen LogP contribution in [0.15, 0.2) is 4.52 Å². The fraction of sp³-hybridized carbons (Fsp3) is 0.667. The van der Waals surface area contributed by atoms with E-state index < -0.39 is 5.54 Å². The zero-order valence-corrected chi connectivity index (χ0v) is 15.8. The van der Waals surface area contributed by atoms with E-state index in [4.69, 9.17) is 4.52 Å². The van der Waals surface area contributed by atoms with Gasteiger partial charge >= 0.3 is 6.03 Å². The molecule has 0 bridgehead atoms. The number of nitrogens with one attached hydrogen (secondary N) is 1. The van der Waals surface area contributed by atoms with E-state index in [2.05, 4.69) is 10.5 Å². The number of carbonyl (C=O) groups is 3. The van der Waals surface area contributed by atoms with Crippen LogP contribution in [-0.2, 0) is 16.0 Å². The van der Waals surface area contributed by atoms with E-state index >= 15 is 0 Å². The number of piperidine rings is 1. The van der Waals surface area contributed by atoms with Crippen molar-refractivity contribution < 1.29 is 18.9 Å². The molecule has 0 saturated carbocycles. The molecule has 4 amide bonds. The lowest BCUT2D eigenvalue weighted by Crippen LogP contribution is -2.58. The Labute approximate surface area is 152 Å². The number of hydrogen-bond donors (Lipinski definition) is 1. The highest BCUT2D eigenvalue weighted by atomic mass is 16.5. The van der Waals surface area contributed by atoms with Crippen LogP contribution < -0.4 is 5.32 Å². The third kappa shape index (κ3) is 3.08. The van der Waals surface area contributed by atoms with Gasteiger partial charge in [0.15, 0.2) is 0 Å². The van der Waals surface area contributed by atoms with Crippen molar-refractivity contribution in [3.05, 3.63) is 17.0 Å². The van der Waals surface area contributed by atoms with Gasteiger partial charge in [-0.2, -0.15) is 0 Å². The molecule has 2 aliphatic rings. The van der Waals surface area contributed by atoms with Crippen LogP contribution in [0.1, 0.15) is 43.7 Å². The SMILES string of the molecule is Cc1noc(C)c1CC(=O)N1CCC2(CC1)C(=O)NC(=O)N2CC(C)C. The number of likely N-dealkylation sites (tertiary alicyclic amines) is 1. The van der Waals surface area contributed by atoms with Crippen LogP contribution in [0, 0.1) is 19.8 Å². The smallest absolute Gasteiger partial charge is 0.325 e. The van der Waals surface area contributed by atoms with Gasteiger partial charge in [-0.1, -0.05) is 19.0 Å². The Bertz CT molecular complexity index is 712. The first-order chi connectivity index (χ1) is 12.2. The van der Waals surface area contributed by atoms with Gasteiger partial charge in [0, 0.05) is 25.2 Å². The number of imide groups is 1. The predicted octanol–water partition coefficient (Wildman–Crippen LogP) is 1.40.